The highest BCUT2D eigenvalue weighted by Gasteiger charge is 2.24. The van der Waals surface area contributed by atoms with Crippen LogP contribution in [-0.4, -0.2) is 26.4 Å². The maximum Gasteiger partial charge on any atom is 0.175 e. The predicted octanol–water partition coefficient (Wildman–Crippen LogP) is 2.34. The van der Waals surface area contributed by atoms with Gasteiger partial charge in [-0.1, -0.05) is 6.07 Å². The van der Waals surface area contributed by atoms with E-state index in [0.717, 1.165) is 5.56 Å². The van der Waals surface area contributed by atoms with E-state index in [0.29, 0.717) is 18.0 Å². The number of hydrogen-bond acceptors (Lipinski definition) is 5. The lowest BCUT2D eigenvalue weighted by Gasteiger charge is -2.14. The van der Waals surface area contributed by atoms with Crippen molar-refractivity contribution >= 4 is 15.5 Å². The Morgan fingerprint density at radius 2 is 2.05 bits per heavy atom. The molecule has 0 spiro atoms. The number of rotatable bonds is 3. The quantitative estimate of drug-likeness (QED) is 0.910. The van der Waals surface area contributed by atoms with Gasteiger partial charge in [0.05, 0.1) is 10.9 Å². The summed E-state index contributed by atoms with van der Waals surface area (Å²) in [4.78, 5) is 0.275. The summed E-state index contributed by atoms with van der Waals surface area (Å²) in [6, 6.07) is 11.6. The number of aromatic hydroxyl groups is 1. The lowest BCUT2D eigenvalue weighted by molar-refractivity contribution is 0.338. The number of hydrogen-bond donors (Lipinski definition) is 2. The summed E-state index contributed by atoms with van der Waals surface area (Å²) in [5, 5.41) is 12.7. The van der Waals surface area contributed by atoms with Crippen molar-refractivity contribution < 1.29 is 18.3 Å². The zero-order valence-corrected chi connectivity index (χ0v) is 12.2. The highest BCUT2D eigenvalue weighted by Crippen LogP contribution is 2.36. The minimum Gasteiger partial charge on any atom is -0.508 e. The van der Waals surface area contributed by atoms with Crippen LogP contribution in [0.15, 0.2) is 47.4 Å². The van der Waals surface area contributed by atoms with Crippen LogP contribution in [-0.2, 0) is 9.84 Å². The van der Waals surface area contributed by atoms with Crippen LogP contribution in [0.25, 0.3) is 0 Å². The fourth-order valence-electron chi connectivity index (χ4n) is 2.34. The molecule has 1 unspecified atom stereocenters. The molecule has 0 aromatic heterocycles. The van der Waals surface area contributed by atoms with E-state index in [-0.39, 0.29) is 16.7 Å². The molecular formula is C15H15NO4S. The molecule has 0 saturated heterocycles. The van der Waals surface area contributed by atoms with E-state index >= 15 is 0 Å². The van der Waals surface area contributed by atoms with Crippen molar-refractivity contribution in [3.05, 3.63) is 48.0 Å². The molecule has 2 aromatic rings. The number of benzene rings is 2. The Kier molecular flexibility index (Phi) is 3.25. The summed E-state index contributed by atoms with van der Waals surface area (Å²) in [6.07, 6.45) is 1.18. The van der Waals surface area contributed by atoms with E-state index in [2.05, 4.69) is 5.32 Å². The summed E-state index contributed by atoms with van der Waals surface area (Å²) in [7, 11) is -3.23. The molecule has 0 radical (unpaired) electrons. The molecular weight excluding hydrogens is 290 g/mol. The van der Waals surface area contributed by atoms with E-state index in [9.17, 15) is 13.5 Å². The number of nitrogens with one attached hydrogen (secondary N) is 1. The zero-order valence-electron chi connectivity index (χ0n) is 11.4. The van der Waals surface area contributed by atoms with Crippen molar-refractivity contribution in [2.75, 3.05) is 18.2 Å². The molecule has 21 heavy (non-hydrogen) atoms. The van der Waals surface area contributed by atoms with Gasteiger partial charge in [0.25, 0.3) is 0 Å². The number of anilines is 1. The summed E-state index contributed by atoms with van der Waals surface area (Å²) in [5.41, 5.74) is 1.66. The lowest BCUT2D eigenvalue weighted by Crippen LogP contribution is -2.12. The average Bonchev–Trinajstić information content (AvgIpc) is 2.80. The van der Waals surface area contributed by atoms with Crippen molar-refractivity contribution in [3.8, 4) is 11.5 Å². The third-order valence-corrected chi connectivity index (χ3v) is 4.49. The van der Waals surface area contributed by atoms with Gasteiger partial charge in [0, 0.05) is 23.6 Å². The van der Waals surface area contributed by atoms with Gasteiger partial charge in [-0.2, -0.15) is 0 Å². The Balaban J connectivity index is 1.87. The molecule has 0 amide bonds. The smallest absolute Gasteiger partial charge is 0.175 e. The molecule has 2 N–H and O–H groups in total. The van der Waals surface area contributed by atoms with Gasteiger partial charge in [-0.05, 0) is 30.3 Å². The van der Waals surface area contributed by atoms with Gasteiger partial charge in [-0.25, -0.2) is 8.42 Å². The molecule has 0 bridgehead atoms. The Morgan fingerprint density at radius 1 is 1.24 bits per heavy atom. The molecule has 1 aliphatic rings. The second kappa shape index (κ2) is 4.96. The average molecular weight is 305 g/mol. The maximum absolute atomic E-state index is 11.6. The normalized spacial score (nSPS) is 17.1. The number of fused-ring (bicyclic) bond motifs is 1. The standard InChI is InChI=1S/C15H15NO4S/c1-21(18,19)12-4-2-3-10(7-12)16-14-9-20-15-8-11(17)5-6-13(14)15/h2-8,14,16-17H,9H2,1H3. The van der Waals surface area contributed by atoms with Crippen LogP contribution in [0.1, 0.15) is 11.6 Å². The van der Waals surface area contributed by atoms with Gasteiger partial charge in [0.2, 0.25) is 0 Å². The van der Waals surface area contributed by atoms with Gasteiger partial charge < -0.3 is 15.2 Å². The van der Waals surface area contributed by atoms with E-state index in [1.54, 1.807) is 36.4 Å². The first-order valence-corrected chi connectivity index (χ1v) is 8.35. The van der Waals surface area contributed by atoms with Crippen LogP contribution in [0, 0.1) is 0 Å². The molecule has 1 heterocycles. The van der Waals surface area contributed by atoms with Gasteiger partial charge in [-0.3, -0.25) is 0 Å². The van der Waals surface area contributed by atoms with Crippen LogP contribution >= 0.6 is 0 Å². The molecule has 0 aliphatic carbocycles. The third kappa shape index (κ3) is 2.80. The van der Waals surface area contributed by atoms with Crippen molar-refractivity contribution in [3.63, 3.8) is 0 Å². The van der Waals surface area contributed by atoms with Gasteiger partial charge in [0.1, 0.15) is 18.1 Å². The van der Waals surface area contributed by atoms with Crippen LogP contribution in [0.3, 0.4) is 0 Å². The summed E-state index contributed by atoms with van der Waals surface area (Å²) >= 11 is 0. The summed E-state index contributed by atoms with van der Waals surface area (Å²) in [5.74, 6) is 0.806. The largest absolute Gasteiger partial charge is 0.508 e. The first kappa shape index (κ1) is 13.8. The van der Waals surface area contributed by atoms with Crippen LogP contribution < -0.4 is 10.1 Å². The first-order valence-electron chi connectivity index (χ1n) is 6.46. The Labute approximate surface area is 123 Å². The number of ether oxygens (including phenoxy) is 1. The molecule has 0 saturated carbocycles. The topological polar surface area (TPSA) is 75.6 Å². The third-order valence-electron chi connectivity index (χ3n) is 3.38. The molecule has 2 aromatic carbocycles. The van der Waals surface area contributed by atoms with E-state index in [4.69, 9.17) is 4.74 Å². The number of phenolic OH excluding ortho intramolecular Hbond substituents is 1. The Hall–Kier alpha value is -2.21. The molecule has 5 nitrogen and oxygen atoms in total. The fourth-order valence-corrected chi connectivity index (χ4v) is 3.00. The van der Waals surface area contributed by atoms with Crippen molar-refractivity contribution in [2.45, 2.75) is 10.9 Å². The van der Waals surface area contributed by atoms with E-state index in [1.165, 1.54) is 6.26 Å². The SMILES string of the molecule is CS(=O)(=O)c1cccc(NC2COc3cc(O)ccc32)c1. The van der Waals surface area contributed by atoms with E-state index in [1.807, 2.05) is 6.07 Å². The molecule has 3 rings (SSSR count). The second-order valence-electron chi connectivity index (χ2n) is 5.03. The monoisotopic (exact) mass is 305 g/mol. The molecule has 1 aliphatic heterocycles. The Morgan fingerprint density at radius 3 is 2.81 bits per heavy atom. The van der Waals surface area contributed by atoms with Gasteiger partial charge in [0.15, 0.2) is 9.84 Å². The summed E-state index contributed by atoms with van der Waals surface area (Å²) in [6.45, 7) is 0.432. The van der Waals surface area contributed by atoms with Gasteiger partial charge >= 0.3 is 0 Å². The minimum absolute atomic E-state index is 0.0737. The molecule has 0 fully saturated rings. The van der Waals surface area contributed by atoms with Crippen LogP contribution in [0.4, 0.5) is 5.69 Å². The fraction of sp³-hybridized carbons (Fsp3) is 0.200. The molecule has 110 valence electrons. The maximum atomic E-state index is 11.6. The van der Waals surface area contributed by atoms with Crippen molar-refractivity contribution in [2.24, 2.45) is 0 Å². The predicted molar refractivity (Wildman–Crippen MR) is 79.5 cm³/mol. The first-order chi connectivity index (χ1) is 9.93. The zero-order chi connectivity index (χ0) is 15.0. The molecule has 1 atom stereocenters. The lowest BCUT2D eigenvalue weighted by atomic mass is 10.1. The molecule has 6 heteroatoms. The highest BCUT2D eigenvalue weighted by molar-refractivity contribution is 7.90. The highest BCUT2D eigenvalue weighted by atomic mass is 32.2. The van der Waals surface area contributed by atoms with Crippen molar-refractivity contribution in [1.29, 1.82) is 0 Å². The Bertz CT molecular complexity index is 786. The minimum atomic E-state index is -3.23. The summed E-state index contributed by atoms with van der Waals surface area (Å²) < 4.78 is 28.7. The van der Waals surface area contributed by atoms with Crippen LogP contribution in [0.5, 0.6) is 11.5 Å². The van der Waals surface area contributed by atoms with Crippen LogP contribution in [0.2, 0.25) is 0 Å². The van der Waals surface area contributed by atoms with Crippen molar-refractivity contribution in [1.82, 2.24) is 0 Å². The van der Waals surface area contributed by atoms with Gasteiger partial charge in [-0.15, -0.1) is 0 Å². The number of phenols is 1. The number of sulfone groups is 1. The second-order valence-corrected chi connectivity index (χ2v) is 7.05. The van der Waals surface area contributed by atoms with E-state index < -0.39 is 9.84 Å².